The number of benzene rings is 1. The van der Waals surface area contributed by atoms with Crippen LogP contribution in [0.5, 0.6) is 0 Å². The van der Waals surface area contributed by atoms with Gasteiger partial charge in [0, 0.05) is 31.2 Å². The highest BCUT2D eigenvalue weighted by molar-refractivity contribution is 5.76. The van der Waals surface area contributed by atoms with Crippen LogP contribution in [0.15, 0.2) is 30.3 Å². The Balaban J connectivity index is 1.76. The molecule has 0 saturated heterocycles. The van der Waals surface area contributed by atoms with Crippen molar-refractivity contribution in [3.63, 3.8) is 0 Å². The first-order chi connectivity index (χ1) is 9.79. The number of amides is 1. The molecule has 1 aromatic carbocycles. The lowest BCUT2D eigenvalue weighted by molar-refractivity contribution is -0.121. The van der Waals surface area contributed by atoms with Gasteiger partial charge in [-0.25, -0.2) is 0 Å². The van der Waals surface area contributed by atoms with Crippen LogP contribution in [0.4, 0.5) is 5.69 Å². The van der Waals surface area contributed by atoms with Gasteiger partial charge in [0.2, 0.25) is 5.91 Å². The summed E-state index contributed by atoms with van der Waals surface area (Å²) >= 11 is 0. The normalized spacial score (nSPS) is 15.8. The molecule has 1 aromatic rings. The molecule has 0 unspecified atom stereocenters. The van der Waals surface area contributed by atoms with Crippen LogP contribution in [-0.4, -0.2) is 25.0 Å². The third-order valence-corrected chi connectivity index (χ3v) is 4.08. The van der Waals surface area contributed by atoms with Gasteiger partial charge in [-0.05, 0) is 31.9 Å². The summed E-state index contributed by atoms with van der Waals surface area (Å²) in [5, 5.41) is 3.18. The monoisotopic (exact) mass is 274 g/mol. The molecular weight excluding hydrogens is 248 g/mol. The van der Waals surface area contributed by atoms with Crippen molar-refractivity contribution < 1.29 is 4.79 Å². The average molecular weight is 274 g/mol. The molecule has 0 aliphatic heterocycles. The van der Waals surface area contributed by atoms with Gasteiger partial charge < -0.3 is 10.2 Å². The molecule has 3 nitrogen and oxygen atoms in total. The molecule has 0 aromatic heterocycles. The van der Waals surface area contributed by atoms with Gasteiger partial charge in [-0.3, -0.25) is 4.79 Å². The molecule has 0 spiro atoms. The average Bonchev–Trinajstić information content (AvgIpc) is 2.50. The van der Waals surface area contributed by atoms with Gasteiger partial charge >= 0.3 is 0 Å². The van der Waals surface area contributed by atoms with Crippen molar-refractivity contribution in [3.8, 4) is 0 Å². The number of hydrogen-bond donors (Lipinski definition) is 1. The summed E-state index contributed by atoms with van der Waals surface area (Å²) in [6, 6.07) is 10.7. The first kappa shape index (κ1) is 14.9. The Morgan fingerprint density at radius 3 is 2.55 bits per heavy atom. The Hall–Kier alpha value is -1.51. The number of carbonyl (C=O) groups is 1. The van der Waals surface area contributed by atoms with Gasteiger partial charge in [0.25, 0.3) is 0 Å². The first-order valence-corrected chi connectivity index (χ1v) is 7.89. The molecule has 0 radical (unpaired) electrons. The van der Waals surface area contributed by atoms with E-state index < -0.39 is 0 Å². The van der Waals surface area contributed by atoms with Crippen molar-refractivity contribution in [1.82, 2.24) is 5.32 Å². The predicted octanol–water partition coefficient (Wildman–Crippen LogP) is 3.35. The van der Waals surface area contributed by atoms with E-state index >= 15 is 0 Å². The van der Waals surface area contributed by atoms with E-state index in [9.17, 15) is 4.79 Å². The SMILES string of the molecule is CCN(CCC(=O)NC1CCCCC1)c1ccccc1. The number of hydrogen-bond acceptors (Lipinski definition) is 2. The largest absolute Gasteiger partial charge is 0.371 e. The van der Waals surface area contributed by atoms with Crippen LogP contribution in [0.25, 0.3) is 0 Å². The van der Waals surface area contributed by atoms with E-state index in [0.29, 0.717) is 12.5 Å². The van der Waals surface area contributed by atoms with Crippen LogP contribution in [0.2, 0.25) is 0 Å². The lowest BCUT2D eigenvalue weighted by Gasteiger charge is -2.25. The molecule has 1 saturated carbocycles. The van der Waals surface area contributed by atoms with Crippen LogP contribution in [-0.2, 0) is 4.79 Å². The van der Waals surface area contributed by atoms with E-state index in [1.807, 2.05) is 18.2 Å². The maximum atomic E-state index is 12.0. The summed E-state index contributed by atoms with van der Waals surface area (Å²) in [6.07, 6.45) is 6.74. The van der Waals surface area contributed by atoms with Gasteiger partial charge in [0.15, 0.2) is 0 Å². The number of para-hydroxylation sites is 1. The second-order valence-electron chi connectivity index (χ2n) is 5.57. The van der Waals surface area contributed by atoms with E-state index in [2.05, 4.69) is 29.3 Å². The van der Waals surface area contributed by atoms with E-state index in [4.69, 9.17) is 0 Å². The summed E-state index contributed by atoms with van der Waals surface area (Å²) in [5.41, 5.74) is 1.19. The van der Waals surface area contributed by atoms with Crippen LogP contribution in [0, 0.1) is 0 Å². The molecule has 20 heavy (non-hydrogen) atoms. The fourth-order valence-electron chi connectivity index (χ4n) is 2.89. The fourth-order valence-corrected chi connectivity index (χ4v) is 2.89. The first-order valence-electron chi connectivity index (χ1n) is 7.89. The summed E-state index contributed by atoms with van der Waals surface area (Å²) in [6.45, 7) is 3.85. The second-order valence-corrected chi connectivity index (χ2v) is 5.57. The molecule has 1 aliphatic carbocycles. The molecule has 110 valence electrons. The van der Waals surface area contributed by atoms with E-state index in [0.717, 1.165) is 25.9 Å². The molecule has 1 aliphatic rings. The van der Waals surface area contributed by atoms with Crippen molar-refractivity contribution in [2.75, 3.05) is 18.0 Å². The molecule has 3 heteroatoms. The van der Waals surface area contributed by atoms with Gasteiger partial charge in [-0.2, -0.15) is 0 Å². The van der Waals surface area contributed by atoms with Gasteiger partial charge in [-0.1, -0.05) is 37.5 Å². The minimum atomic E-state index is 0.200. The zero-order valence-corrected chi connectivity index (χ0v) is 12.5. The molecule has 0 atom stereocenters. The van der Waals surface area contributed by atoms with Crippen LogP contribution < -0.4 is 10.2 Å². The van der Waals surface area contributed by atoms with Crippen molar-refractivity contribution in [2.45, 2.75) is 51.5 Å². The lowest BCUT2D eigenvalue weighted by atomic mass is 9.95. The minimum Gasteiger partial charge on any atom is -0.371 e. The third-order valence-electron chi connectivity index (χ3n) is 4.08. The van der Waals surface area contributed by atoms with Crippen LogP contribution in [0.3, 0.4) is 0 Å². The molecule has 1 fully saturated rings. The number of nitrogens with zero attached hydrogens (tertiary/aromatic N) is 1. The summed E-state index contributed by atoms with van der Waals surface area (Å²) in [4.78, 5) is 14.3. The number of nitrogens with one attached hydrogen (secondary N) is 1. The van der Waals surface area contributed by atoms with Crippen molar-refractivity contribution in [3.05, 3.63) is 30.3 Å². The smallest absolute Gasteiger partial charge is 0.221 e. The molecular formula is C17H26N2O. The summed E-state index contributed by atoms with van der Waals surface area (Å²) in [5.74, 6) is 0.200. The Morgan fingerprint density at radius 2 is 1.90 bits per heavy atom. The number of rotatable bonds is 6. The zero-order chi connectivity index (χ0) is 14.2. The third kappa shape index (κ3) is 4.55. The zero-order valence-electron chi connectivity index (χ0n) is 12.5. The van der Waals surface area contributed by atoms with Crippen LogP contribution in [0.1, 0.15) is 45.4 Å². The predicted molar refractivity (Wildman–Crippen MR) is 84.0 cm³/mol. The second kappa shape index (κ2) is 7.93. The van der Waals surface area contributed by atoms with Gasteiger partial charge in [-0.15, -0.1) is 0 Å². The van der Waals surface area contributed by atoms with Crippen molar-refractivity contribution >= 4 is 11.6 Å². The highest BCUT2D eigenvalue weighted by Gasteiger charge is 2.16. The number of anilines is 1. The van der Waals surface area contributed by atoms with Gasteiger partial charge in [0.1, 0.15) is 0 Å². The Bertz CT molecular complexity index is 399. The van der Waals surface area contributed by atoms with Crippen LogP contribution >= 0.6 is 0 Å². The van der Waals surface area contributed by atoms with E-state index in [1.54, 1.807) is 0 Å². The van der Waals surface area contributed by atoms with Crippen molar-refractivity contribution in [1.29, 1.82) is 0 Å². The highest BCUT2D eigenvalue weighted by Crippen LogP contribution is 2.17. The topological polar surface area (TPSA) is 32.3 Å². The van der Waals surface area contributed by atoms with E-state index in [-0.39, 0.29) is 5.91 Å². The fraction of sp³-hybridized carbons (Fsp3) is 0.588. The lowest BCUT2D eigenvalue weighted by Crippen LogP contribution is -2.38. The minimum absolute atomic E-state index is 0.200. The maximum absolute atomic E-state index is 12.0. The van der Waals surface area contributed by atoms with Gasteiger partial charge in [0.05, 0.1) is 0 Å². The Morgan fingerprint density at radius 1 is 1.20 bits per heavy atom. The number of carbonyl (C=O) groups excluding carboxylic acids is 1. The Kier molecular flexibility index (Phi) is 5.90. The molecule has 2 rings (SSSR count). The molecule has 1 amide bonds. The van der Waals surface area contributed by atoms with Crippen molar-refractivity contribution in [2.24, 2.45) is 0 Å². The van der Waals surface area contributed by atoms with E-state index in [1.165, 1.54) is 24.9 Å². The quantitative estimate of drug-likeness (QED) is 0.862. The maximum Gasteiger partial charge on any atom is 0.221 e. The standard InChI is InChI=1S/C17H26N2O/c1-2-19(16-11-7-4-8-12-16)14-13-17(20)18-15-9-5-3-6-10-15/h4,7-8,11-12,15H,2-3,5-6,9-10,13-14H2,1H3,(H,18,20). The molecule has 0 heterocycles. The molecule has 0 bridgehead atoms. The summed E-state index contributed by atoms with van der Waals surface area (Å²) in [7, 11) is 0. The summed E-state index contributed by atoms with van der Waals surface area (Å²) < 4.78 is 0. The molecule has 1 N–H and O–H groups in total. The highest BCUT2D eigenvalue weighted by atomic mass is 16.1. The Labute approximate surface area is 122 Å².